The van der Waals surface area contributed by atoms with Crippen LogP contribution >= 0.6 is 0 Å². The number of aliphatic carboxylic acids is 2. The first kappa shape index (κ1) is 18.0. The summed E-state index contributed by atoms with van der Waals surface area (Å²) in [6.45, 7) is 0. The van der Waals surface area contributed by atoms with E-state index in [1.807, 2.05) is 0 Å². The highest BCUT2D eigenvalue weighted by Crippen LogP contribution is 2.03. The molecular formula is C11H18N2O7. The number of ether oxygens (including phenoxy) is 1. The Morgan fingerprint density at radius 1 is 1.05 bits per heavy atom. The Balaban J connectivity index is 4.30. The maximum atomic E-state index is 11.6. The number of likely N-dealkylation sites (N-methyl/N-ethyl adjacent to an activating group) is 1. The number of rotatable bonds is 9. The predicted octanol–water partition coefficient (Wildman–Crippen LogP) is -1.30. The van der Waals surface area contributed by atoms with Gasteiger partial charge in [0.05, 0.1) is 0 Å². The van der Waals surface area contributed by atoms with Crippen molar-refractivity contribution in [2.75, 3.05) is 7.05 Å². The zero-order chi connectivity index (χ0) is 15.7. The van der Waals surface area contributed by atoms with Crippen molar-refractivity contribution in [3.8, 4) is 0 Å². The molecule has 0 fully saturated rings. The first-order chi connectivity index (χ1) is 9.27. The first-order valence-electron chi connectivity index (χ1n) is 5.89. The molecule has 0 bridgehead atoms. The van der Waals surface area contributed by atoms with Gasteiger partial charge in [0.1, 0.15) is 12.1 Å². The monoisotopic (exact) mass is 290 g/mol. The highest BCUT2D eigenvalue weighted by Gasteiger charge is 2.25. The van der Waals surface area contributed by atoms with Gasteiger partial charge in [0, 0.05) is 12.8 Å². The molecule has 0 aromatic carbocycles. The van der Waals surface area contributed by atoms with Crippen LogP contribution in [0, 0.1) is 0 Å². The average Bonchev–Trinajstić information content (AvgIpc) is 2.35. The molecular weight excluding hydrogens is 272 g/mol. The van der Waals surface area contributed by atoms with Gasteiger partial charge in [-0.25, -0.2) is 9.59 Å². The molecule has 9 nitrogen and oxygen atoms in total. The maximum Gasteiger partial charge on any atom is 0.330 e. The van der Waals surface area contributed by atoms with Crippen LogP contribution < -0.4 is 11.1 Å². The number of esters is 2. The molecule has 0 aromatic heterocycles. The molecule has 2 atom stereocenters. The lowest BCUT2D eigenvalue weighted by Gasteiger charge is -2.15. The highest BCUT2D eigenvalue weighted by atomic mass is 16.6. The molecule has 20 heavy (non-hydrogen) atoms. The average molecular weight is 290 g/mol. The van der Waals surface area contributed by atoms with E-state index >= 15 is 0 Å². The van der Waals surface area contributed by atoms with E-state index in [0.717, 1.165) is 0 Å². The third kappa shape index (κ3) is 7.44. The fourth-order valence-corrected chi connectivity index (χ4v) is 1.29. The smallest absolute Gasteiger partial charge is 0.330 e. The van der Waals surface area contributed by atoms with Gasteiger partial charge in [0.2, 0.25) is 0 Å². The summed E-state index contributed by atoms with van der Waals surface area (Å²) in [6.07, 6.45) is -0.776. The Morgan fingerprint density at radius 3 is 2.00 bits per heavy atom. The lowest BCUT2D eigenvalue weighted by atomic mass is 10.1. The van der Waals surface area contributed by atoms with Crippen molar-refractivity contribution < 1.29 is 34.1 Å². The van der Waals surface area contributed by atoms with Crippen LogP contribution in [0.25, 0.3) is 0 Å². The van der Waals surface area contributed by atoms with E-state index in [9.17, 15) is 19.2 Å². The summed E-state index contributed by atoms with van der Waals surface area (Å²) in [5.74, 6) is -4.17. The van der Waals surface area contributed by atoms with E-state index in [1.54, 1.807) is 0 Å². The molecule has 114 valence electrons. The van der Waals surface area contributed by atoms with Crippen LogP contribution in [0.15, 0.2) is 0 Å². The summed E-state index contributed by atoms with van der Waals surface area (Å²) in [4.78, 5) is 43.7. The lowest BCUT2D eigenvalue weighted by molar-refractivity contribution is -0.162. The molecule has 0 heterocycles. The molecule has 0 aromatic rings. The fourth-order valence-electron chi connectivity index (χ4n) is 1.29. The summed E-state index contributed by atoms with van der Waals surface area (Å²) in [5.41, 5.74) is 5.37. The second-order valence-corrected chi connectivity index (χ2v) is 4.05. The first-order valence-corrected chi connectivity index (χ1v) is 5.89. The van der Waals surface area contributed by atoms with Crippen LogP contribution in [0.4, 0.5) is 0 Å². The lowest BCUT2D eigenvalue weighted by Crippen LogP contribution is -2.41. The van der Waals surface area contributed by atoms with Crippen molar-refractivity contribution >= 4 is 23.9 Å². The number of hydrogen-bond donors (Lipinski definition) is 4. The number of carbonyl (C=O) groups is 4. The van der Waals surface area contributed by atoms with Crippen LogP contribution in [-0.2, 0) is 23.9 Å². The minimum atomic E-state index is -1.22. The van der Waals surface area contributed by atoms with Gasteiger partial charge in [0.15, 0.2) is 0 Å². The van der Waals surface area contributed by atoms with E-state index in [1.165, 1.54) is 7.05 Å². The molecule has 0 aliphatic heterocycles. The van der Waals surface area contributed by atoms with Gasteiger partial charge >= 0.3 is 23.9 Å². The topological polar surface area (TPSA) is 156 Å². The van der Waals surface area contributed by atoms with Crippen LogP contribution in [0.5, 0.6) is 0 Å². The fraction of sp³-hybridized carbons (Fsp3) is 0.636. The number of carbonyl (C=O) groups excluding carboxylic acids is 2. The Hall–Kier alpha value is -2.00. The van der Waals surface area contributed by atoms with Crippen LogP contribution in [0.1, 0.15) is 25.7 Å². The molecule has 0 aliphatic rings. The third-order valence-corrected chi connectivity index (χ3v) is 2.45. The van der Waals surface area contributed by atoms with Crippen molar-refractivity contribution in [1.29, 1.82) is 0 Å². The molecule has 0 aliphatic carbocycles. The third-order valence-electron chi connectivity index (χ3n) is 2.45. The van der Waals surface area contributed by atoms with Crippen molar-refractivity contribution in [3.63, 3.8) is 0 Å². The van der Waals surface area contributed by atoms with E-state index in [0.29, 0.717) is 0 Å². The minimum absolute atomic E-state index is 0.0394. The molecule has 0 spiro atoms. The second kappa shape index (κ2) is 8.99. The summed E-state index contributed by atoms with van der Waals surface area (Å²) in [5, 5.41) is 19.5. The summed E-state index contributed by atoms with van der Waals surface area (Å²) >= 11 is 0. The molecule has 5 N–H and O–H groups in total. The Kier molecular flexibility index (Phi) is 8.09. The van der Waals surface area contributed by atoms with Crippen molar-refractivity contribution in [2.45, 2.75) is 37.8 Å². The number of carboxylic acids is 2. The summed E-state index contributed by atoms with van der Waals surface area (Å²) in [6, 6.07) is -2.16. The number of hydrogen-bond acceptors (Lipinski definition) is 7. The molecule has 0 amide bonds. The minimum Gasteiger partial charge on any atom is -0.481 e. The van der Waals surface area contributed by atoms with Gasteiger partial charge in [0.25, 0.3) is 0 Å². The summed E-state index contributed by atoms with van der Waals surface area (Å²) in [7, 11) is 1.42. The molecule has 0 unspecified atom stereocenters. The SMILES string of the molecule is CN[C@@H](CCC(=O)O)C(=O)OC(=O)[C@@H](N)CCC(=O)O. The summed E-state index contributed by atoms with van der Waals surface area (Å²) < 4.78 is 4.48. The normalized spacial score (nSPS) is 13.3. The molecule has 0 saturated carbocycles. The van der Waals surface area contributed by atoms with E-state index in [4.69, 9.17) is 15.9 Å². The molecule has 0 saturated heterocycles. The van der Waals surface area contributed by atoms with Gasteiger partial charge in [-0.1, -0.05) is 0 Å². The quantitative estimate of drug-likeness (QED) is 0.299. The van der Waals surface area contributed by atoms with Crippen molar-refractivity contribution in [1.82, 2.24) is 5.32 Å². The molecule has 0 radical (unpaired) electrons. The molecule has 0 rings (SSSR count). The Bertz CT molecular complexity index is 383. The van der Waals surface area contributed by atoms with Gasteiger partial charge in [-0.15, -0.1) is 0 Å². The van der Waals surface area contributed by atoms with Gasteiger partial charge in [-0.2, -0.15) is 0 Å². The Morgan fingerprint density at radius 2 is 1.55 bits per heavy atom. The Labute approximate surface area is 115 Å². The van der Waals surface area contributed by atoms with Gasteiger partial charge in [-0.3, -0.25) is 9.59 Å². The van der Waals surface area contributed by atoms with Crippen molar-refractivity contribution in [2.24, 2.45) is 5.73 Å². The number of carboxylic acid groups (broad SMARTS) is 2. The standard InChI is InChI=1S/C11H18N2O7/c1-13-7(3-5-9(16)17)11(19)20-10(18)6(12)2-4-8(14)15/h6-7,13H,2-5,12H2,1H3,(H,14,15)(H,16,17)/t6-,7-/m0/s1. The molecule has 9 heteroatoms. The van der Waals surface area contributed by atoms with Crippen LogP contribution in [0.3, 0.4) is 0 Å². The predicted molar refractivity (Wildman–Crippen MR) is 65.7 cm³/mol. The van der Waals surface area contributed by atoms with E-state index in [-0.39, 0.29) is 25.7 Å². The van der Waals surface area contributed by atoms with Crippen molar-refractivity contribution in [3.05, 3.63) is 0 Å². The number of nitrogens with one attached hydrogen (secondary N) is 1. The second-order valence-electron chi connectivity index (χ2n) is 4.05. The number of nitrogens with two attached hydrogens (primary N) is 1. The maximum absolute atomic E-state index is 11.6. The van der Waals surface area contributed by atoms with Crippen LogP contribution in [0.2, 0.25) is 0 Å². The van der Waals surface area contributed by atoms with Gasteiger partial charge < -0.3 is 26.0 Å². The van der Waals surface area contributed by atoms with E-state index < -0.39 is 36.0 Å². The largest absolute Gasteiger partial charge is 0.481 e. The van der Waals surface area contributed by atoms with E-state index in [2.05, 4.69) is 10.1 Å². The van der Waals surface area contributed by atoms with Crippen LogP contribution in [-0.4, -0.2) is 53.2 Å². The zero-order valence-corrected chi connectivity index (χ0v) is 11.0. The van der Waals surface area contributed by atoms with Gasteiger partial charge in [-0.05, 0) is 19.9 Å². The highest BCUT2D eigenvalue weighted by molar-refractivity contribution is 5.91. The zero-order valence-electron chi connectivity index (χ0n) is 11.0.